The first kappa shape index (κ1) is 21.4. The van der Waals surface area contributed by atoms with Gasteiger partial charge in [-0.05, 0) is 33.8 Å². The Morgan fingerprint density at radius 1 is 1.11 bits per heavy atom. The number of Topliss-reactive ketones (excluding diaryl/α,β-unsaturated/α-hetero) is 2. The van der Waals surface area contributed by atoms with E-state index in [1.54, 1.807) is 20.9 Å². The number of hydrogen-bond donors (Lipinski definition) is 0. The number of aromatic nitrogens is 3. The molecule has 0 fully saturated rings. The van der Waals surface area contributed by atoms with Crippen molar-refractivity contribution >= 4 is 17.5 Å². The highest BCUT2D eigenvalue weighted by Gasteiger charge is 2.31. The summed E-state index contributed by atoms with van der Waals surface area (Å²) in [5, 5.41) is 4.04. The number of nitrogens with zero attached hydrogens (tertiary/aromatic N) is 3. The maximum Gasteiger partial charge on any atom is 0.406 e. The van der Waals surface area contributed by atoms with E-state index < -0.39 is 36.9 Å². The monoisotopic (exact) mass is 399 g/mol. The molecule has 0 aliphatic rings. The average Bonchev–Trinajstić information content (AvgIpc) is 3.00. The Hall–Kier alpha value is -2.91. The molecule has 0 aromatic carbocycles. The Bertz CT molecular complexity index is 954. The number of carbonyl (C=O) groups excluding carboxylic acids is 3. The second-order valence-electron chi connectivity index (χ2n) is 6.48. The van der Waals surface area contributed by atoms with Gasteiger partial charge in [0.2, 0.25) is 5.78 Å². The maximum absolute atomic E-state index is 12.7. The van der Waals surface area contributed by atoms with Crippen molar-refractivity contribution in [1.29, 1.82) is 0 Å². The molecule has 0 spiro atoms. The lowest BCUT2D eigenvalue weighted by molar-refractivity contribution is -0.141. The summed E-state index contributed by atoms with van der Waals surface area (Å²) in [7, 11) is 1.62. The van der Waals surface area contributed by atoms with Crippen LogP contribution in [0, 0.1) is 27.7 Å². The third-order valence-corrected chi connectivity index (χ3v) is 4.47. The highest BCUT2D eigenvalue weighted by Crippen LogP contribution is 2.23. The molecule has 0 bridgehead atoms. The van der Waals surface area contributed by atoms with E-state index in [2.05, 4.69) is 5.10 Å². The van der Waals surface area contributed by atoms with Crippen LogP contribution in [0.5, 0.6) is 0 Å². The number of aryl methyl sites for hydroxylation is 3. The summed E-state index contributed by atoms with van der Waals surface area (Å²) in [5.74, 6) is -2.85. The molecule has 0 saturated heterocycles. The van der Waals surface area contributed by atoms with Crippen molar-refractivity contribution in [2.75, 3.05) is 6.61 Å². The molecule has 2 aromatic rings. The number of carbonyl (C=O) groups is 3. The topological polar surface area (TPSA) is 83.2 Å². The molecule has 0 atom stereocenters. The molecule has 0 radical (unpaired) electrons. The molecule has 2 aromatic heterocycles. The summed E-state index contributed by atoms with van der Waals surface area (Å²) in [6.45, 7) is 4.02. The van der Waals surface area contributed by atoms with Crippen molar-refractivity contribution in [3.8, 4) is 0 Å². The van der Waals surface area contributed by atoms with Crippen molar-refractivity contribution in [1.82, 2.24) is 14.3 Å². The number of hydrogen-bond acceptors (Lipinski definition) is 5. The van der Waals surface area contributed by atoms with Gasteiger partial charge < -0.3 is 9.30 Å². The van der Waals surface area contributed by atoms with Gasteiger partial charge in [-0.3, -0.25) is 14.3 Å². The van der Waals surface area contributed by atoms with Gasteiger partial charge >= 0.3 is 12.1 Å². The molecule has 0 unspecified atom stereocenters. The smallest absolute Gasteiger partial charge is 0.406 e. The van der Waals surface area contributed by atoms with Crippen molar-refractivity contribution in [2.45, 2.75) is 40.4 Å². The van der Waals surface area contributed by atoms with E-state index in [9.17, 15) is 27.6 Å². The van der Waals surface area contributed by atoms with E-state index in [1.807, 2.05) is 0 Å². The molecular weight excluding hydrogens is 379 g/mol. The molecule has 0 N–H and O–H groups in total. The van der Waals surface area contributed by atoms with Crippen LogP contribution in [0.15, 0.2) is 6.07 Å². The first-order valence-electron chi connectivity index (χ1n) is 8.31. The summed E-state index contributed by atoms with van der Waals surface area (Å²) in [5.41, 5.74) is 1.30. The molecule has 152 valence electrons. The number of esters is 1. The van der Waals surface area contributed by atoms with E-state index in [1.165, 1.54) is 24.6 Å². The minimum absolute atomic E-state index is 0.00994. The van der Waals surface area contributed by atoms with Crippen molar-refractivity contribution in [2.24, 2.45) is 7.05 Å². The Morgan fingerprint density at radius 2 is 1.71 bits per heavy atom. The standard InChI is InChI=1S/C18H20F3N3O4/c1-9-6-13(11(3)24(9)8-18(19,20)21)14(25)7-28-17(27)16(26)15-10(2)22-23(5)12(15)4/h6H,7-8H2,1-5H3. The van der Waals surface area contributed by atoms with Gasteiger partial charge in [-0.15, -0.1) is 0 Å². The van der Waals surface area contributed by atoms with Crippen LogP contribution < -0.4 is 0 Å². The third kappa shape index (κ3) is 4.32. The fraction of sp³-hybridized carbons (Fsp3) is 0.444. The van der Waals surface area contributed by atoms with Gasteiger partial charge in [0.05, 0.1) is 11.3 Å². The maximum atomic E-state index is 12.7. The normalized spacial score (nSPS) is 11.6. The van der Waals surface area contributed by atoms with Gasteiger partial charge in [0.15, 0.2) is 6.61 Å². The van der Waals surface area contributed by atoms with Crippen LogP contribution in [0.1, 0.15) is 43.5 Å². The van der Waals surface area contributed by atoms with E-state index >= 15 is 0 Å². The van der Waals surface area contributed by atoms with Gasteiger partial charge in [-0.2, -0.15) is 18.3 Å². The zero-order chi connectivity index (χ0) is 21.4. The van der Waals surface area contributed by atoms with E-state index in [0.717, 1.165) is 4.57 Å². The average molecular weight is 399 g/mol. The lowest BCUT2D eigenvalue weighted by Crippen LogP contribution is -2.23. The molecule has 7 nitrogen and oxygen atoms in total. The van der Waals surface area contributed by atoms with Crippen LogP contribution in [0.25, 0.3) is 0 Å². The minimum Gasteiger partial charge on any atom is -0.451 e. The zero-order valence-corrected chi connectivity index (χ0v) is 16.1. The number of halogens is 3. The van der Waals surface area contributed by atoms with E-state index in [0.29, 0.717) is 11.4 Å². The lowest BCUT2D eigenvalue weighted by Gasteiger charge is -2.12. The number of alkyl halides is 3. The molecule has 0 aliphatic heterocycles. The number of rotatable bonds is 6. The van der Waals surface area contributed by atoms with Gasteiger partial charge in [-0.25, -0.2) is 4.79 Å². The SMILES string of the molecule is Cc1nn(C)c(C)c1C(=O)C(=O)OCC(=O)c1cc(C)n(CC(F)(F)F)c1C. The molecule has 2 rings (SSSR count). The van der Waals surface area contributed by atoms with Crippen LogP contribution >= 0.6 is 0 Å². The molecule has 0 saturated carbocycles. The largest absolute Gasteiger partial charge is 0.451 e. The second-order valence-corrected chi connectivity index (χ2v) is 6.48. The first-order chi connectivity index (χ1) is 12.8. The summed E-state index contributed by atoms with van der Waals surface area (Å²) in [6, 6.07) is 1.30. The van der Waals surface area contributed by atoms with Gasteiger partial charge in [-0.1, -0.05) is 0 Å². The van der Waals surface area contributed by atoms with Crippen molar-refractivity contribution in [3.05, 3.63) is 40.0 Å². The summed E-state index contributed by atoms with van der Waals surface area (Å²) < 4.78 is 45.2. The van der Waals surface area contributed by atoms with Gasteiger partial charge in [0.25, 0.3) is 5.78 Å². The zero-order valence-electron chi connectivity index (χ0n) is 16.1. The summed E-state index contributed by atoms with van der Waals surface area (Å²) >= 11 is 0. The highest BCUT2D eigenvalue weighted by molar-refractivity contribution is 6.41. The van der Waals surface area contributed by atoms with Crippen molar-refractivity contribution in [3.63, 3.8) is 0 Å². The van der Waals surface area contributed by atoms with E-state index in [-0.39, 0.29) is 22.5 Å². The first-order valence-corrected chi connectivity index (χ1v) is 8.31. The Balaban J connectivity index is 2.11. The van der Waals surface area contributed by atoms with Gasteiger partial charge in [0, 0.05) is 29.7 Å². The highest BCUT2D eigenvalue weighted by atomic mass is 19.4. The predicted molar refractivity (Wildman–Crippen MR) is 92.3 cm³/mol. The fourth-order valence-corrected chi connectivity index (χ4v) is 2.98. The number of ether oxygens (including phenoxy) is 1. The van der Waals surface area contributed by atoms with Crippen LogP contribution in [0.3, 0.4) is 0 Å². The van der Waals surface area contributed by atoms with Gasteiger partial charge in [0.1, 0.15) is 6.54 Å². The molecule has 10 heteroatoms. The lowest BCUT2D eigenvalue weighted by atomic mass is 10.1. The van der Waals surface area contributed by atoms with Crippen LogP contribution in [-0.2, 0) is 23.1 Å². The fourth-order valence-electron chi connectivity index (χ4n) is 2.98. The molecule has 0 aliphatic carbocycles. The third-order valence-electron chi connectivity index (χ3n) is 4.47. The van der Waals surface area contributed by atoms with Crippen LogP contribution in [0.4, 0.5) is 13.2 Å². The van der Waals surface area contributed by atoms with Crippen LogP contribution in [-0.4, -0.2) is 44.7 Å². The molecule has 0 amide bonds. The Morgan fingerprint density at radius 3 is 2.21 bits per heavy atom. The van der Waals surface area contributed by atoms with E-state index in [4.69, 9.17) is 4.74 Å². The number of ketones is 2. The van der Waals surface area contributed by atoms with Crippen molar-refractivity contribution < 1.29 is 32.3 Å². The summed E-state index contributed by atoms with van der Waals surface area (Å²) in [6.07, 6.45) is -4.44. The minimum atomic E-state index is -4.44. The molecular formula is C18H20F3N3O4. The Kier molecular flexibility index (Phi) is 5.81. The quantitative estimate of drug-likeness (QED) is 0.424. The Labute approximate surface area is 159 Å². The molecule has 28 heavy (non-hydrogen) atoms. The van der Waals surface area contributed by atoms with Crippen LogP contribution in [0.2, 0.25) is 0 Å². The second kappa shape index (κ2) is 7.61. The predicted octanol–water partition coefficient (Wildman–Crippen LogP) is 2.63. The summed E-state index contributed by atoms with van der Waals surface area (Å²) in [4.78, 5) is 36.6. The molecule has 2 heterocycles.